The highest BCUT2D eigenvalue weighted by Crippen LogP contribution is 2.26. The molecule has 2 radical (unpaired) electrons. The van der Waals surface area contributed by atoms with E-state index >= 15 is 0 Å². The van der Waals surface area contributed by atoms with E-state index in [1.54, 1.807) is 0 Å². The van der Waals surface area contributed by atoms with Crippen molar-refractivity contribution < 1.29 is 23.3 Å². The lowest BCUT2D eigenvalue weighted by atomic mass is 10.4. The van der Waals surface area contributed by atoms with Gasteiger partial charge in [-0.25, -0.2) is 4.39 Å². The lowest BCUT2D eigenvalue weighted by Gasteiger charge is -2.09. The second kappa shape index (κ2) is 2.32. The monoisotopic (exact) mass is 128 g/mol. The Balaban J connectivity index is 3.71. The summed E-state index contributed by atoms with van der Waals surface area (Å²) < 4.78 is 33.7. The number of rotatable bonds is 2. The van der Waals surface area contributed by atoms with Crippen LogP contribution >= 0.6 is 0 Å². The van der Waals surface area contributed by atoms with E-state index in [-0.39, 0.29) is 0 Å². The molecule has 5 heteroatoms. The van der Waals surface area contributed by atoms with Crippen LogP contribution in [-0.4, -0.2) is 5.85 Å². The standard InChI is InChI=1S/C3H3F3O2/c1-3(6,8-7)2(4)5/h1H3. The number of alkyl halides is 1. The minimum atomic E-state index is -3.43. The Morgan fingerprint density at radius 1 is 1.62 bits per heavy atom. The minimum Gasteiger partial charge on any atom is -0.202 e. The predicted octanol–water partition coefficient (Wildman–Crippen LogP) is 1.46. The fraction of sp³-hybridized carbons (Fsp3) is 0.667. The van der Waals surface area contributed by atoms with Crippen LogP contribution in [-0.2, 0) is 10.1 Å². The first kappa shape index (κ1) is 7.71. The summed E-state index contributed by atoms with van der Waals surface area (Å²) in [6.07, 6.45) is -2.67. The predicted molar refractivity (Wildman–Crippen MR) is 16.7 cm³/mol. The first-order valence-electron chi connectivity index (χ1n) is 1.69. The summed E-state index contributed by atoms with van der Waals surface area (Å²) in [4.78, 5) is 2.50. The van der Waals surface area contributed by atoms with E-state index in [0.717, 1.165) is 0 Å². The summed E-state index contributed by atoms with van der Waals surface area (Å²) in [7, 11) is 0. The van der Waals surface area contributed by atoms with Crippen molar-refractivity contribution in [1.82, 2.24) is 0 Å². The maximum atomic E-state index is 11.6. The first-order valence-corrected chi connectivity index (χ1v) is 1.69. The molecule has 0 spiro atoms. The molecule has 0 fully saturated rings. The summed E-state index contributed by atoms with van der Waals surface area (Å²) in [6.45, 7) is 0.329. The van der Waals surface area contributed by atoms with Gasteiger partial charge in [-0.1, -0.05) is 0 Å². The van der Waals surface area contributed by atoms with Crippen molar-refractivity contribution >= 4 is 0 Å². The van der Waals surface area contributed by atoms with Crippen LogP contribution in [0.1, 0.15) is 6.92 Å². The normalized spacial score (nSPS) is 18.8. The van der Waals surface area contributed by atoms with Gasteiger partial charge in [-0.15, -0.1) is 0 Å². The molecule has 8 heavy (non-hydrogen) atoms. The van der Waals surface area contributed by atoms with E-state index in [0.29, 0.717) is 6.92 Å². The van der Waals surface area contributed by atoms with Gasteiger partial charge in [-0.3, -0.25) is 0 Å². The molecule has 0 aliphatic rings. The smallest absolute Gasteiger partial charge is 0.202 e. The van der Waals surface area contributed by atoms with Gasteiger partial charge in [0.15, 0.2) is 0 Å². The van der Waals surface area contributed by atoms with Crippen LogP contribution in [0.4, 0.5) is 13.2 Å². The molecule has 0 aromatic carbocycles. The molecule has 0 rings (SSSR count). The molecular formula is C3H3F3O2. The number of hydrogen-bond donors (Lipinski definition) is 0. The highest BCUT2D eigenvalue weighted by atomic mass is 19.3. The van der Waals surface area contributed by atoms with Gasteiger partial charge < -0.3 is 0 Å². The summed E-state index contributed by atoms with van der Waals surface area (Å²) in [5, 5.41) is 9.02. The molecule has 48 valence electrons. The molecule has 0 amide bonds. The van der Waals surface area contributed by atoms with Crippen molar-refractivity contribution in [2.75, 3.05) is 0 Å². The molecule has 1 atom stereocenters. The van der Waals surface area contributed by atoms with Crippen LogP contribution in [0, 0.1) is 6.43 Å². The summed E-state index contributed by atoms with van der Waals surface area (Å²) in [5.74, 6) is -3.43. The Kier molecular flexibility index (Phi) is 2.24. The van der Waals surface area contributed by atoms with E-state index in [4.69, 9.17) is 5.26 Å². The highest BCUT2D eigenvalue weighted by molar-refractivity contribution is 4.77. The van der Waals surface area contributed by atoms with Crippen molar-refractivity contribution in [1.29, 1.82) is 0 Å². The van der Waals surface area contributed by atoms with Gasteiger partial charge in [0.2, 0.25) is 0 Å². The Hall–Kier alpha value is -0.290. The van der Waals surface area contributed by atoms with Crippen LogP contribution in [0.3, 0.4) is 0 Å². The van der Waals surface area contributed by atoms with Crippen LogP contribution in [0.2, 0.25) is 0 Å². The Morgan fingerprint density at radius 2 is 2.00 bits per heavy atom. The lowest BCUT2D eigenvalue weighted by molar-refractivity contribution is -0.410. The third kappa shape index (κ3) is 1.67. The minimum absolute atomic E-state index is 0.329. The van der Waals surface area contributed by atoms with Crippen LogP contribution < -0.4 is 0 Å². The Labute approximate surface area is 43.8 Å². The van der Waals surface area contributed by atoms with E-state index < -0.39 is 12.3 Å². The fourth-order valence-electron chi connectivity index (χ4n) is 0.0315. The molecule has 0 aromatic heterocycles. The van der Waals surface area contributed by atoms with E-state index in [1.807, 2.05) is 0 Å². The average Bonchev–Trinajstić information content (AvgIpc) is 1.67. The third-order valence-corrected chi connectivity index (χ3v) is 0.494. The molecule has 0 bridgehead atoms. The molecule has 0 aromatic rings. The van der Waals surface area contributed by atoms with Gasteiger partial charge in [0.05, 0.1) is 0 Å². The highest BCUT2D eigenvalue weighted by Gasteiger charge is 2.39. The van der Waals surface area contributed by atoms with E-state index in [9.17, 15) is 13.2 Å². The molecule has 0 heterocycles. The number of halogens is 3. The maximum absolute atomic E-state index is 11.6. The van der Waals surface area contributed by atoms with Crippen molar-refractivity contribution in [3.8, 4) is 0 Å². The van der Waals surface area contributed by atoms with Gasteiger partial charge >= 0.3 is 12.3 Å². The molecule has 0 N–H and O–H groups in total. The number of hydrogen-bond acceptors (Lipinski definition) is 1. The molecule has 0 saturated heterocycles. The SMILES string of the molecule is CC(F)(O[O])[C](F)F. The molecule has 0 aliphatic heterocycles. The largest absolute Gasteiger partial charge is 0.375 e. The third-order valence-electron chi connectivity index (χ3n) is 0.494. The summed E-state index contributed by atoms with van der Waals surface area (Å²) >= 11 is 0. The average molecular weight is 128 g/mol. The molecule has 0 saturated carbocycles. The van der Waals surface area contributed by atoms with Gasteiger partial charge in [0.1, 0.15) is 0 Å². The van der Waals surface area contributed by atoms with Gasteiger partial charge in [0, 0.05) is 6.92 Å². The van der Waals surface area contributed by atoms with Gasteiger partial charge in [-0.2, -0.15) is 13.7 Å². The van der Waals surface area contributed by atoms with Gasteiger partial charge in [-0.05, 0) is 5.26 Å². The van der Waals surface area contributed by atoms with E-state index in [1.165, 1.54) is 0 Å². The van der Waals surface area contributed by atoms with Crippen molar-refractivity contribution in [3.05, 3.63) is 6.43 Å². The summed E-state index contributed by atoms with van der Waals surface area (Å²) in [5.41, 5.74) is 0. The van der Waals surface area contributed by atoms with E-state index in [2.05, 4.69) is 4.89 Å². The second-order valence-corrected chi connectivity index (χ2v) is 1.26. The topological polar surface area (TPSA) is 29.1 Å². The van der Waals surface area contributed by atoms with Crippen LogP contribution in [0.5, 0.6) is 0 Å². The fourth-order valence-corrected chi connectivity index (χ4v) is 0.0315. The Bertz CT molecular complexity index is 72.9. The molecular weight excluding hydrogens is 125 g/mol. The zero-order valence-electron chi connectivity index (χ0n) is 3.95. The first-order chi connectivity index (χ1) is 3.50. The zero-order chi connectivity index (χ0) is 6.78. The molecule has 1 unspecified atom stereocenters. The zero-order valence-corrected chi connectivity index (χ0v) is 3.95. The van der Waals surface area contributed by atoms with Crippen LogP contribution in [0.15, 0.2) is 0 Å². The second-order valence-electron chi connectivity index (χ2n) is 1.26. The van der Waals surface area contributed by atoms with Crippen molar-refractivity contribution in [2.24, 2.45) is 0 Å². The van der Waals surface area contributed by atoms with Crippen molar-refractivity contribution in [2.45, 2.75) is 12.8 Å². The van der Waals surface area contributed by atoms with Crippen LogP contribution in [0.25, 0.3) is 0 Å². The maximum Gasteiger partial charge on any atom is 0.375 e. The summed E-state index contributed by atoms with van der Waals surface area (Å²) in [6, 6.07) is 0. The quantitative estimate of drug-likeness (QED) is 0.408. The Morgan fingerprint density at radius 3 is 2.00 bits per heavy atom. The van der Waals surface area contributed by atoms with Gasteiger partial charge in [0.25, 0.3) is 0 Å². The molecule has 2 nitrogen and oxygen atoms in total. The molecule has 0 aliphatic carbocycles. The van der Waals surface area contributed by atoms with Crippen molar-refractivity contribution in [3.63, 3.8) is 0 Å². The lowest BCUT2D eigenvalue weighted by Crippen LogP contribution is -2.23.